The molecule has 6 heteroatoms. The number of imidazole rings is 1. The summed E-state index contributed by atoms with van der Waals surface area (Å²) in [4.78, 5) is 19.0. The van der Waals surface area contributed by atoms with Crippen LogP contribution < -0.4 is 10.6 Å². The number of carbonyl (C=O) groups is 1. The first-order chi connectivity index (χ1) is 12.9. The van der Waals surface area contributed by atoms with Crippen LogP contribution in [0.15, 0.2) is 36.7 Å². The van der Waals surface area contributed by atoms with Gasteiger partial charge in [0.05, 0.1) is 0 Å². The van der Waals surface area contributed by atoms with Gasteiger partial charge in [-0.3, -0.25) is 4.90 Å². The maximum atomic E-state index is 12.2. The molecule has 1 heterocycles. The van der Waals surface area contributed by atoms with E-state index in [0.717, 1.165) is 36.7 Å². The molecule has 2 aromatic rings. The average Bonchev–Trinajstić information content (AvgIpc) is 3.09. The normalized spacial score (nSPS) is 12.4. The van der Waals surface area contributed by atoms with Crippen molar-refractivity contribution < 1.29 is 4.79 Å². The third kappa shape index (κ3) is 6.10. The van der Waals surface area contributed by atoms with Crippen molar-refractivity contribution in [2.45, 2.75) is 53.1 Å². The lowest BCUT2D eigenvalue weighted by molar-refractivity contribution is 0.220. The second kappa shape index (κ2) is 10.1. The van der Waals surface area contributed by atoms with Crippen molar-refractivity contribution in [1.82, 2.24) is 19.8 Å². The molecule has 27 heavy (non-hydrogen) atoms. The van der Waals surface area contributed by atoms with Crippen molar-refractivity contribution in [3.05, 3.63) is 48.0 Å². The zero-order chi connectivity index (χ0) is 19.8. The number of hydrogen-bond donors (Lipinski definition) is 2. The number of rotatable bonds is 9. The first-order valence-electron chi connectivity index (χ1n) is 9.83. The average molecular weight is 372 g/mol. The predicted octanol–water partition coefficient (Wildman–Crippen LogP) is 3.91. The van der Waals surface area contributed by atoms with Crippen molar-refractivity contribution in [3.63, 3.8) is 0 Å². The minimum Gasteiger partial charge on any atom is -0.336 e. The molecule has 1 unspecified atom stereocenters. The number of benzene rings is 1. The highest BCUT2D eigenvalue weighted by molar-refractivity contribution is 5.89. The number of hydrogen-bond acceptors (Lipinski definition) is 3. The Bertz CT molecular complexity index is 721. The van der Waals surface area contributed by atoms with Gasteiger partial charge in [-0.1, -0.05) is 39.8 Å². The highest BCUT2D eigenvalue weighted by Crippen LogP contribution is 2.16. The van der Waals surface area contributed by atoms with Crippen LogP contribution in [-0.2, 0) is 6.54 Å². The summed E-state index contributed by atoms with van der Waals surface area (Å²) in [5.41, 5.74) is 1.93. The molecule has 2 N–H and O–H groups in total. The Hall–Kier alpha value is -2.34. The molecule has 0 radical (unpaired) electrons. The summed E-state index contributed by atoms with van der Waals surface area (Å²) in [6.45, 7) is 14.0. The number of nitrogens with zero attached hydrogens (tertiary/aromatic N) is 3. The fourth-order valence-corrected chi connectivity index (χ4v) is 3.29. The summed E-state index contributed by atoms with van der Waals surface area (Å²) in [6, 6.07) is 8.10. The van der Waals surface area contributed by atoms with Crippen molar-refractivity contribution in [3.8, 4) is 0 Å². The van der Waals surface area contributed by atoms with Crippen molar-refractivity contribution in [1.29, 1.82) is 0 Å². The number of aromatic nitrogens is 2. The Morgan fingerprint density at radius 2 is 1.96 bits per heavy atom. The van der Waals surface area contributed by atoms with E-state index in [-0.39, 0.29) is 6.03 Å². The summed E-state index contributed by atoms with van der Waals surface area (Å²) in [5, 5.41) is 5.90. The molecule has 0 fully saturated rings. The number of anilines is 1. The number of carbonyl (C=O) groups excluding carboxylic acids is 1. The lowest BCUT2D eigenvalue weighted by Gasteiger charge is -2.26. The summed E-state index contributed by atoms with van der Waals surface area (Å²) in [7, 11) is 0. The van der Waals surface area contributed by atoms with Crippen LogP contribution in [0.25, 0.3) is 0 Å². The zero-order valence-corrected chi connectivity index (χ0v) is 17.2. The molecular weight excluding hydrogens is 338 g/mol. The Balaban J connectivity index is 1.93. The van der Waals surface area contributed by atoms with Crippen molar-refractivity contribution in [2.24, 2.45) is 0 Å². The summed E-state index contributed by atoms with van der Waals surface area (Å²) >= 11 is 0. The highest BCUT2D eigenvalue weighted by atomic mass is 16.2. The van der Waals surface area contributed by atoms with Gasteiger partial charge in [-0.2, -0.15) is 0 Å². The van der Waals surface area contributed by atoms with Gasteiger partial charge in [-0.15, -0.1) is 0 Å². The molecule has 0 spiro atoms. The lowest BCUT2D eigenvalue weighted by atomic mass is 10.1. The molecule has 0 aliphatic carbocycles. The maximum Gasteiger partial charge on any atom is 0.319 e. The van der Waals surface area contributed by atoms with Crippen LogP contribution in [0.2, 0.25) is 0 Å². The zero-order valence-electron chi connectivity index (χ0n) is 17.2. The van der Waals surface area contributed by atoms with E-state index in [1.807, 2.05) is 30.6 Å². The summed E-state index contributed by atoms with van der Waals surface area (Å²) in [6.07, 6.45) is 3.83. The van der Waals surface area contributed by atoms with Gasteiger partial charge in [0.15, 0.2) is 0 Å². The first-order valence-corrected chi connectivity index (χ1v) is 9.83. The van der Waals surface area contributed by atoms with E-state index < -0.39 is 0 Å². The fourth-order valence-electron chi connectivity index (χ4n) is 3.29. The highest BCUT2D eigenvalue weighted by Gasteiger charge is 2.12. The molecule has 0 saturated carbocycles. The molecule has 1 aromatic carbocycles. The van der Waals surface area contributed by atoms with Crippen LogP contribution in [0.5, 0.6) is 0 Å². The van der Waals surface area contributed by atoms with Crippen molar-refractivity contribution >= 4 is 11.7 Å². The van der Waals surface area contributed by atoms with Crippen LogP contribution in [0.1, 0.15) is 51.9 Å². The Kier molecular flexibility index (Phi) is 7.85. The van der Waals surface area contributed by atoms with E-state index in [0.29, 0.717) is 18.5 Å². The Morgan fingerprint density at radius 3 is 2.63 bits per heavy atom. The minimum absolute atomic E-state index is 0.170. The molecule has 0 aliphatic rings. The van der Waals surface area contributed by atoms with E-state index in [9.17, 15) is 4.79 Å². The van der Waals surface area contributed by atoms with Gasteiger partial charge in [0, 0.05) is 43.1 Å². The van der Waals surface area contributed by atoms with E-state index in [1.54, 1.807) is 0 Å². The number of urea groups is 1. The van der Waals surface area contributed by atoms with Crippen LogP contribution >= 0.6 is 0 Å². The monoisotopic (exact) mass is 371 g/mol. The van der Waals surface area contributed by atoms with Crippen LogP contribution in [-0.4, -0.2) is 46.2 Å². The minimum atomic E-state index is -0.170. The predicted molar refractivity (Wildman–Crippen MR) is 111 cm³/mol. The smallest absolute Gasteiger partial charge is 0.319 e. The molecular formula is C21H33N5O. The van der Waals surface area contributed by atoms with Gasteiger partial charge in [0.1, 0.15) is 5.82 Å². The molecule has 0 saturated heterocycles. The fraction of sp³-hybridized carbons (Fsp3) is 0.524. The largest absolute Gasteiger partial charge is 0.336 e. The molecule has 2 amide bonds. The van der Waals surface area contributed by atoms with Crippen molar-refractivity contribution in [2.75, 3.05) is 25.0 Å². The standard InChI is InChI=1S/C21H33N5O/c1-6-25(7-2)17(5)14-23-21(27)24-19-10-8-9-18(13-19)15-26-12-11-22-20(26)16(3)4/h8-13,16-17H,6-7,14-15H2,1-5H3,(H2,23,24,27). The van der Waals surface area contributed by atoms with Crippen LogP contribution in [0, 0.1) is 0 Å². The van der Waals surface area contributed by atoms with E-state index in [2.05, 4.69) is 65.8 Å². The van der Waals surface area contributed by atoms with Gasteiger partial charge >= 0.3 is 6.03 Å². The summed E-state index contributed by atoms with van der Waals surface area (Å²) < 4.78 is 2.15. The van der Waals surface area contributed by atoms with Gasteiger partial charge in [0.25, 0.3) is 0 Å². The van der Waals surface area contributed by atoms with E-state index >= 15 is 0 Å². The Labute approximate surface area is 163 Å². The third-order valence-corrected chi connectivity index (χ3v) is 4.80. The SMILES string of the molecule is CCN(CC)C(C)CNC(=O)Nc1cccc(Cn2ccnc2C(C)C)c1. The Morgan fingerprint density at radius 1 is 1.22 bits per heavy atom. The van der Waals surface area contributed by atoms with Gasteiger partial charge in [0.2, 0.25) is 0 Å². The third-order valence-electron chi connectivity index (χ3n) is 4.80. The number of amides is 2. The quantitative estimate of drug-likeness (QED) is 0.702. The second-order valence-corrected chi connectivity index (χ2v) is 7.17. The molecule has 0 aliphatic heterocycles. The molecule has 6 nitrogen and oxygen atoms in total. The van der Waals surface area contributed by atoms with Crippen LogP contribution in [0.3, 0.4) is 0 Å². The number of nitrogens with one attached hydrogen (secondary N) is 2. The van der Waals surface area contributed by atoms with E-state index in [4.69, 9.17) is 0 Å². The topological polar surface area (TPSA) is 62.2 Å². The molecule has 0 bridgehead atoms. The van der Waals surface area contributed by atoms with Crippen LogP contribution in [0.4, 0.5) is 10.5 Å². The van der Waals surface area contributed by atoms with Gasteiger partial charge < -0.3 is 15.2 Å². The van der Waals surface area contributed by atoms with Gasteiger partial charge in [-0.05, 0) is 37.7 Å². The first kappa shape index (κ1) is 21.0. The molecule has 1 atom stereocenters. The maximum absolute atomic E-state index is 12.2. The lowest BCUT2D eigenvalue weighted by Crippen LogP contribution is -2.43. The number of likely N-dealkylation sites (N-methyl/N-ethyl adjacent to an activating group) is 1. The van der Waals surface area contributed by atoms with Gasteiger partial charge in [-0.25, -0.2) is 9.78 Å². The summed E-state index contributed by atoms with van der Waals surface area (Å²) in [5.74, 6) is 1.44. The second-order valence-electron chi connectivity index (χ2n) is 7.17. The van der Waals surface area contributed by atoms with E-state index in [1.165, 1.54) is 0 Å². The molecule has 2 rings (SSSR count). The molecule has 1 aromatic heterocycles. The molecule has 148 valence electrons.